The van der Waals surface area contributed by atoms with Crippen LogP contribution >= 0.6 is 0 Å². The van der Waals surface area contributed by atoms with E-state index in [9.17, 15) is 0 Å². The highest BCUT2D eigenvalue weighted by atomic mass is 15.2. The van der Waals surface area contributed by atoms with Gasteiger partial charge >= 0.3 is 0 Å². The van der Waals surface area contributed by atoms with Gasteiger partial charge in [0.1, 0.15) is 0 Å². The Morgan fingerprint density at radius 3 is 2.32 bits per heavy atom. The van der Waals surface area contributed by atoms with E-state index in [2.05, 4.69) is 25.7 Å². The molecule has 0 aliphatic heterocycles. The molecule has 2 saturated carbocycles. The first-order valence-electron chi connectivity index (χ1n) is 8.64. The first kappa shape index (κ1) is 15.3. The molecule has 0 bridgehead atoms. The van der Waals surface area contributed by atoms with Gasteiger partial charge in [-0.1, -0.05) is 33.6 Å². The van der Waals surface area contributed by atoms with Crippen LogP contribution in [0.5, 0.6) is 0 Å². The zero-order valence-corrected chi connectivity index (χ0v) is 13.3. The molecule has 2 fully saturated rings. The van der Waals surface area contributed by atoms with E-state index >= 15 is 0 Å². The van der Waals surface area contributed by atoms with Crippen molar-refractivity contribution in [3.63, 3.8) is 0 Å². The van der Waals surface area contributed by atoms with Crippen molar-refractivity contribution < 1.29 is 0 Å². The van der Waals surface area contributed by atoms with Crippen molar-refractivity contribution in [1.29, 1.82) is 0 Å². The Balaban J connectivity index is 2.01. The summed E-state index contributed by atoms with van der Waals surface area (Å²) in [7, 11) is 0. The molecule has 0 aromatic carbocycles. The molecule has 3 unspecified atom stereocenters. The normalized spacial score (nSPS) is 40.6. The molecule has 2 rings (SSSR count). The summed E-state index contributed by atoms with van der Waals surface area (Å²) >= 11 is 0. The SMILES string of the molecule is CCCN(C1CCC(N)CC1)C1CCCC(C)C1C. The number of hydrogen-bond acceptors (Lipinski definition) is 2. The lowest BCUT2D eigenvalue weighted by Crippen LogP contribution is -2.51. The first-order valence-corrected chi connectivity index (χ1v) is 8.64. The molecular formula is C17H34N2. The summed E-state index contributed by atoms with van der Waals surface area (Å²) in [5.41, 5.74) is 6.08. The standard InChI is InChI=1S/C17H34N2/c1-4-12-19(16-10-8-15(18)9-11-16)17-7-5-6-13(2)14(17)3/h13-17H,4-12,18H2,1-3H3. The minimum atomic E-state index is 0.474. The highest BCUT2D eigenvalue weighted by molar-refractivity contribution is 4.90. The van der Waals surface area contributed by atoms with Crippen molar-refractivity contribution in [3.05, 3.63) is 0 Å². The second-order valence-corrected chi connectivity index (χ2v) is 7.14. The Morgan fingerprint density at radius 2 is 1.68 bits per heavy atom. The zero-order chi connectivity index (χ0) is 13.8. The Hall–Kier alpha value is -0.0800. The van der Waals surface area contributed by atoms with Crippen molar-refractivity contribution >= 4 is 0 Å². The largest absolute Gasteiger partial charge is 0.328 e. The van der Waals surface area contributed by atoms with Crippen LogP contribution in [0.2, 0.25) is 0 Å². The van der Waals surface area contributed by atoms with Gasteiger partial charge in [-0.3, -0.25) is 4.90 Å². The molecule has 19 heavy (non-hydrogen) atoms. The lowest BCUT2D eigenvalue weighted by Gasteiger charge is -2.47. The molecule has 2 heteroatoms. The maximum atomic E-state index is 6.08. The monoisotopic (exact) mass is 266 g/mol. The van der Waals surface area contributed by atoms with Crippen LogP contribution in [-0.2, 0) is 0 Å². The van der Waals surface area contributed by atoms with Gasteiger partial charge in [0.05, 0.1) is 0 Å². The molecule has 0 aromatic rings. The smallest absolute Gasteiger partial charge is 0.0126 e. The van der Waals surface area contributed by atoms with E-state index in [0.717, 1.165) is 23.9 Å². The summed E-state index contributed by atoms with van der Waals surface area (Å²) in [6.07, 6.45) is 10.7. The van der Waals surface area contributed by atoms with Crippen LogP contribution < -0.4 is 5.73 Å². The van der Waals surface area contributed by atoms with Crippen molar-refractivity contribution in [2.45, 2.75) is 90.3 Å². The van der Waals surface area contributed by atoms with Crippen LogP contribution in [0.15, 0.2) is 0 Å². The molecule has 0 amide bonds. The molecule has 0 aromatic heterocycles. The summed E-state index contributed by atoms with van der Waals surface area (Å²) in [6, 6.07) is 2.13. The minimum Gasteiger partial charge on any atom is -0.328 e. The maximum Gasteiger partial charge on any atom is 0.0126 e. The number of rotatable bonds is 4. The molecule has 0 spiro atoms. The van der Waals surface area contributed by atoms with Gasteiger partial charge in [-0.15, -0.1) is 0 Å². The topological polar surface area (TPSA) is 29.3 Å². The van der Waals surface area contributed by atoms with Gasteiger partial charge in [0.15, 0.2) is 0 Å². The average molecular weight is 266 g/mol. The fourth-order valence-corrected chi connectivity index (χ4v) is 4.33. The van der Waals surface area contributed by atoms with Crippen molar-refractivity contribution in [3.8, 4) is 0 Å². The van der Waals surface area contributed by atoms with E-state index < -0.39 is 0 Å². The van der Waals surface area contributed by atoms with Gasteiger partial charge in [0.25, 0.3) is 0 Å². The fourth-order valence-electron chi connectivity index (χ4n) is 4.33. The zero-order valence-electron chi connectivity index (χ0n) is 13.3. The third-order valence-corrected chi connectivity index (χ3v) is 5.78. The highest BCUT2D eigenvalue weighted by Gasteiger charge is 2.35. The van der Waals surface area contributed by atoms with Gasteiger partial charge < -0.3 is 5.73 Å². The van der Waals surface area contributed by atoms with Crippen molar-refractivity contribution in [1.82, 2.24) is 4.90 Å². The van der Waals surface area contributed by atoms with E-state index in [1.807, 2.05) is 0 Å². The van der Waals surface area contributed by atoms with E-state index in [1.54, 1.807) is 0 Å². The number of nitrogens with two attached hydrogens (primary N) is 1. The van der Waals surface area contributed by atoms with Gasteiger partial charge in [-0.25, -0.2) is 0 Å². The minimum absolute atomic E-state index is 0.474. The molecule has 3 atom stereocenters. The number of nitrogens with zero attached hydrogens (tertiary/aromatic N) is 1. The summed E-state index contributed by atoms with van der Waals surface area (Å²) in [5.74, 6) is 1.78. The third-order valence-electron chi connectivity index (χ3n) is 5.78. The van der Waals surface area contributed by atoms with Crippen LogP contribution in [0.3, 0.4) is 0 Å². The van der Waals surface area contributed by atoms with Crippen molar-refractivity contribution in [2.24, 2.45) is 17.6 Å². The second kappa shape index (κ2) is 7.08. The lowest BCUT2D eigenvalue weighted by molar-refractivity contribution is 0.0303. The Morgan fingerprint density at radius 1 is 1.00 bits per heavy atom. The first-order chi connectivity index (χ1) is 9.13. The molecule has 0 saturated heterocycles. The molecule has 2 aliphatic rings. The van der Waals surface area contributed by atoms with Crippen molar-refractivity contribution in [2.75, 3.05) is 6.54 Å². The van der Waals surface area contributed by atoms with E-state index in [4.69, 9.17) is 5.73 Å². The summed E-state index contributed by atoms with van der Waals surface area (Å²) < 4.78 is 0. The molecule has 2 N–H and O–H groups in total. The molecular weight excluding hydrogens is 232 g/mol. The maximum absolute atomic E-state index is 6.08. The van der Waals surface area contributed by atoms with Crippen LogP contribution in [0.25, 0.3) is 0 Å². The van der Waals surface area contributed by atoms with Crippen LogP contribution in [0.4, 0.5) is 0 Å². The average Bonchev–Trinajstić information content (AvgIpc) is 2.41. The predicted molar refractivity (Wildman–Crippen MR) is 83.2 cm³/mol. The summed E-state index contributed by atoms with van der Waals surface area (Å²) in [4.78, 5) is 2.88. The Kier molecular flexibility index (Phi) is 5.70. The molecule has 2 nitrogen and oxygen atoms in total. The van der Waals surface area contributed by atoms with Gasteiger partial charge in [0.2, 0.25) is 0 Å². The predicted octanol–water partition coefficient (Wildman–Crippen LogP) is 3.79. The van der Waals surface area contributed by atoms with E-state index in [0.29, 0.717) is 6.04 Å². The van der Waals surface area contributed by atoms with Gasteiger partial charge in [0, 0.05) is 18.1 Å². The number of hydrogen-bond donors (Lipinski definition) is 1. The molecule has 0 heterocycles. The Labute approximate surface area is 120 Å². The van der Waals surface area contributed by atoms with E-state index in [1.165, 1.54) is 57.9 Å². The quantitative estimate of drug-likeness (QED) is 0.839. The molecule has 0 radical (unpaired) electrons. The summed E-state index contributed by atoms with van der Waals surface area (Å²) in [5, 5.41) is 0. The van der Waals surface area contributed by atoms with E-state index in [-0.39, 0.29) is 0 Å². The lowest BCUT2D eigenvalue weighted by atomic mass is 9.76. The summed E-state index contributed by atoms with van der Waals surface area (Å²) in [6.45, 7) is 8.57. The molecule has 2 aliphatic carbocycles. The highest BCUT2D eigenvalue weighted by Crippen LogP contribution is 2.36. The second-order valence-electron chi connectivity index (χ2n) is 7.14. The van der Waals surface area contributed by atoms with Gasteiger partial charge in [-0.2, -0.15) is 0 Å². The van der Waals surface area contributed by atoms with Crippen LogP contribution in [-0.4, -0.2) is 29.6 Å². The van der Waals surface area contributed by atoms with Crippen LogP contribution in [0, 0.1) is 11.8 Å². The van der Waals surface area contributed by atoms with Gasteiger partial charge in [-0.05, 0) is 56.9 Å². The van der Waals surface area contributed by atoms with Crippen LogP contribution in [0.1, 0.15) is 72.1 Å². The Bertz CT molecular complexity index is 258. The third kappa shape index (κ3) is 3.72. The fraction of sp³-hybridized carbons (Fsp3) is 1.00. The molecule has 112 valence electrons.